The number of likely N-dealkylation sites (N-methyl/N-ethyl adjacent to an activating group) is 1. The molecule has 0 aromatic rings. The van der Waals surface area contributed by atoms with E-state index < -0.39 is 0 Å². The normalized spacial score (nSPS) is 29.4. The number of piperazine rings is 1. The van der Waals surface area contributed by atoms with Gasteiger partial charge in [-0.2, -0.15) is 0 Å². The van der Waals surface area contributed by atoms with Crippen LogP contribution in [0.4, 0.5) is 0 Å². The third-order valence-electron chi connectivity index (χ3n) is 3.77. The van der Waals surface area contributed by atoms with E-state index in [-0.39, 0.29) is 0 Å². The average Bonchev–Trinajstić information content (AvgIpc) is 2.31. The summed E-state index contributed by atoms with van der Waals surface area (Å²) in [4.78, 5) is 2.65. The zero-order valence-electron chi connectivity index (χ0n) is 10.5. The molecule has 0 spiro atoms. The highest BCUT2D eigenvalue weighted by Crippen LogP contribution is 2.14. The van der Waals surface area contributed by atoms with Crippen LogP contribution in [0.1, 0.15) is 12.8 Å². The molecule has 0 radical (unpaired) electrons. The van der Waals surface area contributed by atoms with Crippen molar-refractivity contribution in [2.24, 2.45) is 5.92 Å². The molecule has 3 N–H and O–H groups in total. The molecule has 1 atom stereocenters. The van der Waals surface area contributed by atoms with Crippen molar-refractivity contribution in [3.8, 4) is 0 Å². The molecule has 0 bridgehead atoms. The fourth-order valence-electron chi connectivity index (χ4n) is 2.87. The zero-order valence-corrected chi connectivity index (χ0v) is 10.5. The van der Waals surface area contributed by atoms with Gasteiger partial charge in [-0.1, -0.05) is 0 Å². The van der Waals surface area contributed by atoms with E-state index in [1.165, 1.54) is 45.6 Å². The first-order valence-corrected chi connectivity index (χ1v) is 6.69. The van der Waals surface area contributed by atoms with Gasteiger partial charge in [0.2, 0.25) is 0 Å². The Hall–Kier alpha value is -0.160. The quantitative estimate of drug-likeness (QED) is 0.603. The van der Waals surface area contributed by atoms with Gasteiger partial charge in [-0.25, -0.2) is 0 Å². The van der Waals surface area contributed by atoms with Crippen molar-refractivity contribution in [3.63, 3.8) is 0 Å². The smallest absolute Gasteiger partial charge is 0.0320 e. The number of nitrogens with one attached hydrogen (secondary N) is 3. The van der Waals surface area contributed by atoms with Crippen LogP contribution in [0.5, 0.6) is 0 Å². The summed E-state index contributed by atoms with van der Waals surface area (Å²) < 4.78 is 0. The van der Waals surface area contributed by atoms with Gasteiger partial charge in [0.1, 0.15) is 0 Å². The largest absolute Gasteiger partial charge is 0.318 e. The van der Waals surface area contributed by atoms with E-state index in [0.29, 0.717) is 6.04 Å². The highest BCUT2D eigenvalue weighted by molar-refractivity contribution is 4.82. The number of rotatable bonds is 4. The van der Waals surface area contributed by atoms with Crippen LogP contribution in [0.15, 0.2) is 0 Å². The molecule has 2 saturated heterocycles. The number of nitrogens with zero attached hydrogens (tertiary/aromatic N) is 1. The Morgan fingerprint density at radius 3 is 2.81 bits per heavy atom. The van der Waals surface area contributed by atoms with Gasteiger partial charge in [0.15, 0.2) is 0 Å². The Morgan fingerprint density at radius 1 is 1.25 bits per heavy atom. The molecule has 0 amide bonds. The summed E-state index contributed by atoms with van der Waals surface area (Å²) in [6.07, 6.45) is 2.72. The molecular weight excluding hydrogens is 200 g/mol. The molecule has 16 heavy (non-hydrogen) atoms. The molecule has 2 heterocycles. The van der Waals surface area contributed by atoms with Crippen molar-refractivity contribution in [1.82, 2.24) is 20.9 Å². The first-order valence-electron chi connectivity index (χ1n) is 6.69. The third kappa shape index (κ3) is 3.70. The van der Waals surface area contributed by atoms with Crippen molar-refractivity contribution in [2.75, 3.05) is 52.9 Å². The van der Waals surface area contributed by atoms with Gasteiger partial charge in [0.05, 0.1) is 0 Å². The van der Waals surface area contributed by atoms with Crippen molar-refractivity contribution >= 4 is 0 Å². The minimum atomic E-state index is 0.639. The van der Waals surface area contributed by atoms with Gasteiger partial charge in [0.25, 0.3) is 0 Å². The van der Waals surface area contributed by atoms with E-state index in [9.17, 15) is 0 Å². The van der Waals surface area contributed by atoms with Crippen molar-refractivity contribution in [2.45, 2.75) is 18.9 Å². The molecule has 0 saturated carbocycles. The van der Waals surface area contributed by atoms with Crippen molar-refractivity contribution in [1.29, 1.82) is 0 Å². The highest BCUT2D eigenvalue weighted by atomic mass is 15.2. The predicted octanol–water partition coefficient (Wildman–Crippen LogP) is -0.521. The second kappa shape index (κ2) is 6.55. The van der Waals surface area contributed by atoms with Crippen LogP contribution in [0.3, 0.4) is 0 Å². The molecule has 0 aliphatic carbocycles. The predicted molar refractivity (Wildman–Crippen MR) is 67.8 cm³/mol. The minimum absolute atomic E-state index is 0.639. The maximum Gasteiger partial charge on any atom is 0.0320 e. The van der Waals surface area contributed by atoms with Gasteiger partial charge in [0, 0.05) is 38.8 Å². The van der Waals surface area contributed by atoms with Crippen LogP contribution in [-0.4, -0.2) is 63.8 Å². The molecule has 2 aliphatic rings. The molecular formula is C12H26N4. The lowest BCUT2D eigenvalue weighted by molar-refractivity contribution is 0.158. The van der Waals surface area contributed by atoms with Gasteiger partial charge in [-0.05, 0) is 38.9 Å². The van der Waals surface area contributed by atoms with Gasteiger partial charge >= 0.3 is 0 Å². The molecule has 2 rings (SSSR count). The van der Waals surface area contributed by atoms with Crippen molar-refractivity contribution < 1.29 is 0 Å². The van der Waals surface area contributed by atoms with Crippen LogP contribution >= 0.6 is 0 Å². The van der Waals surface area contributed by atoms with E-state index in [1.807, 2.05) is 7.05 Å². The molecule has 0 aromatic heterocycles. The third-order valence-corrected chi connectivity index (χ3v) is 3.77. The number of hydrogen-bond donors (Lipinski definition) is 3. The summed E-state index contributed by atoms with van der Waals surface area (Å²) >= 11 is 0. The second-order valence-electron chi connectivity index (χ2n) is 5.16. The van der Waals surface area contributed by atoms with E-state index in [2.05, 4.69) is 20.9 Å². The monoisotopic (exact) mass is 226 g/mol. The fourth-order valence-corrected chi connectivity index (χ4v) is 2.87. The summed E-state index contributed by atoms with van der Waals surface area (Å²) in [6.45, 7) is 8.42. The lowest BCUT2D eigenvalue weighted by Gasteiger charge is -2.36. The molecule has 1 unspecified atom stereocenters. The highest BCUT2D eigenvalue weighted by Gasteiger charge is 2.22. The standard InChI is InChI=1S/C12H26N4/c1-13-8-12-10-16(7-6-15-12)9-11-2-4-14-5-3-11/h11-15H,2-10H2,1H3. The number of hydrogen-bond acceptors (Lipinski definition) is 4. The van der Waals surface area contributed by atoms with Crippen LogP contribution in [0.2, 0.25) is 0 Å². The van der Waals surface area contributed by atoms with Crippen LogP contribution in [0, 0.1) is 5.92 Å². The molecule has 2 fully saturated rings. The Kier molecular flexibility index (Phi) is 5.03. The Morgan fingerprint density at radius 2 is 2.06 bits per heavy atom. The molecule has 0 aromatic carbocycles. The van der Waals surface area contributed by atoms with Crippen LogP contribution in [0.25, 0.3) is 0 Å². The summed E-state index contributed by atoms with van der Waals surface area (Å²) in [5.74, 6) is 0.926. The van der Waals surface area contributed by atoms with Gasteiger partial charge in [-0.3, -0.25) is 0 Å². The van der Waals surface area contributed by atoms with Crippen LogP contribution in [-0.2, 0) is 0 Å². The fraction of sp³-hybridized carbons (Fsp3) is 1.00. The summed E-state index contributed by atoms with van der Waals surface area (Å²) in [6, 6.07) is 0.639. The van der Waals surface area contributed by atoms with E-state index in [4.69, 9.17) is 0 Å². The molecule has 2 aliphatic heterocycles. The van der Waals surface area contributed by atoms with Gasteiger partial charge in [-0.15, -0.1) is 0 Å². The Balaban J connectivity index is 1.71. The maximum atomic E-state index is 3.57. The molecule has 4 nitrogen and oxygen atoms in total. The lowest BCUT2D eigenvalue weighted by Crippen LogP contribution is -2.55. The number of piperidine rings is 1. The van der Waals surface area contributed by atoms with Gasteiger partial charge < -0.3 is 20.9 Å². The minimum Gasteiger partial charge on any atom is -0.318 e. The van der Waals surface area contributed by atoms with Crippen LogP contribution < -0.4 is 16.0 Å². The summed E-state index contributed by atoms with van der Waals surface area (Å²) in [5.41, 5.74) is 0. The maximum absolute atomic E-state index is 3.57. The average molecular weight is 226 g/mol. The SMILES string of the molecule is CNCC1CN(CC2CCNCC2)CCN1. The second-order valence-corrected chi connectivity index (χ2v) is 5.16. The lowest BCUT2D eigenvalue weighted by atomic mass is 9.97. The first-order chi connectivity index (χ1) is 7.88. The van der Waals surface area contributed by atoms with E-state index in [1.54, 1.807) is 0 Å². The van der Waals surface area contributed by atoms with E-state index in [0.717, 1.165) is 19.0 Å². The zero-order chi connectivity index (χ0) is 11.2. The molecule has 94 valence electrons. The Bertz CT molecular complexity index is 189. The first kappa shape index (κ1) is 12.3. The topological polar surface area (TPSA) is 39.3 Å². The summed E-state index contributed by atoms with van der Waals surface area (Å²) in [5, 5.41) is 10.3. The van der Waals surface area contributed by atoms with Crippen molar-refractivity contribution in [3.05, 3.63) is 0 Å². The Labute approximate surface area is 99.2 Å². The summed E-state index contributed by atoms with van der Waals surface area (Å²) in [7, 11) is 2.04. The molecule has 4 heteroatoms. The van der Waals surface area contributed by atoms with E-state index >= 15 is 0 Å².